The smallest absolute Gasteiger partial charge is 0.311 e. The van der Waals surface area contributed by atoms with Gasteiger partial charge < -0.3 is 19.3 Å². The molecule has 1 N–H and O–H groups in total. The summed E-state index contributed by atoms with van der Waals surface area (Å²) in [5, 5.41) is 21.1. The van der Waals surface area contributed by atoms with E-state index in [1.165, 1.54) is 31.2 Å². The van der Waals surface area contributed by atoms with Crippen molar-refractivity contribution < 1.29 is 38.5 Å². The summed E-state index contributed by atoms with van der Waals surface area (Å²) in [5.41, 5.74) is -1.34. The van der Waals surface area contributed by atoms with Gasteiger partial charge in [-0.25, -0.2) is 0 Å². The molecule has 0 aliphatic carbocycles. The number of hydrogen-bond acceptors (Lipinski definition) is 16. The zero-order chi connectivity index (χ0) is 44.0. The van der Waals surface area contributed by atoms with E-state index in [-0.39, 0.29) is 51.4 Å². The van der Waals surface area contributed by atoms with E-state index >= 15 is 0 Å². The third kappa shape index (κ3) is 21.3. The van der Waals surface area contributed by atoms with Gasteiger partial charge in [0.15, 0.2) is 0 Å². The van der Waals surface area contributed by atoms with E-state index in [4.69, 9.17) is 21.4 Å². The van der Waals surface area contributed by atoms with Crippen LogP contribution in [0.4, 0.5) is 0 Å². The van der Waals surface area contributed by atoms with Crippen molar-refractivity contribution in [3.8, 4) is 0 Å². The molecular formula is C40H61ClO8S8. The Labute approximate surface area is 381 Å². The molecule has 17 heteroatoms. The average Bonchev–Trinajstić information content (AvgIpc) is 4.05. The minimum absolute atomic E-state index is 0.117. The molecule has 57 heavy (non-hydrogen) atoms. The lowest BCUT2D eigenvalue weighted by Crippen LogP contribution is -2.26. The Morgan fingerprint density at radius 1 is 0.544 bits per heavy atom. The lowest BCUT2D eigenvalue weighted by Gasteiger charge is -2.20. The fraction of sp³-hybridized carbons (Fsp3) is 0.600. The molecule has 0 aromatic heterocycles. The number of aliphatic hydroxyl groups excluding tert-OH is 1. The van der Waals surface area contributed by atoms with E-state index in [2.05, 4.69) is 36.5 Å². The van der Waals surface area contributed by atoms with Crippen LogP contribution in [0.15, 0.2) is 59.2 Å². The van der Waals surface area contributed by atoms with Crippen molar-refractivity contribution >= 4 is 129 Å². The zero-order valence-electron chi connectivity index (χ0n) is 35.7. The zero-order valence-corrected chi connectivity index (χ0v) is 42.9. The summed E-state index contributed by atoms with van der Waals surface area (Å²) in [4.78, 5) is 46.2. The van der Waals surface area contributed by atoms with Crippen molar-refractivity contribution in [3.63, 3.8) is 0 Å². The number of halogens is 1. The van der Waals surface area contributed by atoms with Crippen molar-refractivity contribution in [2.24, 2.45) is 21.7 Å². The van der Waals surface area contributed by atoms with Gasteiger partial charge in [0.1, 0.15) is 6.61 Å². The molecule has 0 saturated heterocycles. The average molecular weight is 962 g/mol. The fourth-order valence-corrected chi connectivity index (χ4v) is 11.8. The van der Waals surface area contributed by atoms with Gasteiger partial charge in [-0.2, -0.15) is 0 Å². The SMILES string of the molecule is CCC(C)(C)C(=O)Cl.CCC(C)(C)C(=O)OC.CCC(C)(C)C(=O)OC.CCC(C)(C)C(=O)OCC1=CSC(=C2SC=CS2)S1.OCC1=CSC(=C2SC=CS2)S1. The van der Waals surface area contributed by atoms with Crippen molar-refractivity contribution in [2.75, 3.05) is 27.4 Å². The van der Waals surface area contributed by atoms with E-state index in [1.807, 2.05) is 88.5 Å². The number of ether oxygens (including phenoxy) is 3. The van der Waals surface area contributed by atoms with Gasteiger partial charge >= 0.3 is 17.9 Å². The molecule has 0 spiro atoms. The van der Waals surface area contributed by atoms with Crippen LogP contribution in [0.2, 0.25) is 0 Å². The Bertz CT molecular complexity index is 1500. The monoisotopic (exact) mass is 960 g/mol. The predicted octanol–water partition coefficient (Wildman–Crippen LogP) is 14.1. The standard InChI is InChI=1S/C13H16O2S4.2C7H14O2.C7H6OS4.C6H11ClO/c1-4-13(2,3)12(14)15-7-9-8-18-11(19-9)10-16-5-6-17-10;2*1-5-7(2,3)6(8)9-4;8-3-5-4-11-7(12-5)6-9-1-2-10-6;1-4-6(2,3)5(7)8/h5-6,8H,4,7H2,1-3H3;2*5H2,1-4H3;1-2,4,8H,3H2;4H2,1-3H3. The van der Waals surface area contributed by atoms with Crippen molar-refractivity contribution in [1.29, 1.82) is 0 Å². The number of carbonyl (C=O) groups excluding carboxylic acids is 4. The molecule has 4 rings (SSSR count). The summed E-state index contributed by atoms with van der Waals surface area (Å²) in [6.45, 7) is 23.5. The van der Waals surface area contributed by atoms with Crippen LogP contribution >= 0.6 is 106 Å². The number of carbonyl (C=O) groups is 4. The molecule has 0 aromatic carbocycles. The Morgan fingerprint density at radius 3 is 1.14 bits per heavy atom. The van der Waals surface area contributed by atoms with Gasteiger partial charge in [0.25, 0.3) is 0 Å². The van der Waals surface area contributed by atoms with Gasteiger partial charge in [0.2, 0.25) is 5.24 Å². The topological polar surface area (TPSA) is 116 Å². The molecule has 4 heterocycles. The van der Waals surface area contributed by atoms with E-state index in [0.717, 1.165) is 35.5 Å². The van der Waals surface area contributed by atoms with Gasteiger partial charge in [0.05, 0.1) is 54.0 Å². The first-order valence-corrected chi connectivity index (χ1v) is 25.5. The lowest BCUT2D eigenvalue weighted by atomic mass is 9.91. The van der Waals surface area contributed by atoms with E-state index < -0.39 is 0 Å². The van der Waals surface area contributed by atoms with Crippen molar-refractivity contribution in [1.82, 2.24) is 0 Å². The third-order valence-corrected chi connectivity index (χ3v) is 19.4. The maximum absolute atomic E-state index is 11.9. The normalized spacial score (nSPS) is 16.1. The van der Waals surface area contributed by atoms with Crippen LogP contribution in [-0.4, -0.2) is 55.7 Å². The van der Waals surface area contributed by atoms with Gasteiger partial charge in [0, 0.05) is 15.2 Å². The van der Waals surface area contributed by atoms with E-state index in [1.54, 1.807) is 94.1 Å². The number of esters is 3. The summed E-state index contributed by atoms with van der Waals surface area (Å²) >= 11 is 19.1. The van der Waals surface area contributed by atoms with Crippen LogP contribution in [0.3, 0.4) is 0 Å². The highest BCUT2D eigenvalue weighted by Crippen LogP contribution is 2.54. The van der Waals surface area contributed by atoms with Crippen molar-refractivity contribution in [2.45, 2.75) is 109 Å². The van der Waals surface area contributed by atoms with Crippen LogP contribution in [0, 0.1) is 21.7 Å². The Kier molecular flexibility index (Phi) is 28.0. The van der Waals surface area contributed by atoms with Crippen LogP contribution < -0.4 is 0 Å². The molecule has 0 saturated carbocycles. The Hall–Kier alpha value is -0.430. The number of hydrogen-bond donors (Lipinski definition) is 1. The summed E-state index contributed by atoms with van der Waals surface area (Å²) in [6, 6.07) is 0. The minimum atomic E-state index is -0.390. The molecular weight excluding hydrogens is 900 g/mol. The van der Waals surface area contributed by atoms with E-state index in [9.17, 15) is 19.2 Å². The second kappa shape index (κ2) is 28.2. The van der Waals surface area contributed by atoms with Crippen LogP contribution in [0.1, 0.15) is 109 Å². The number of thioether (sulfide) groups is 8. The molecule has 0 aromatic rings. The summed E-state index contributed by atoms with van der Waals surface area (Å²) in [7, 11) is 2.83. The molecule has 324 valence electrons. The molecule has 0 amide bonds. The Balaban J connectivity index is 0.000000723. The highest BCUT2D eigenvalue weighted by molar-refractivity contribution is 8.34. The summed E-state index contributed by atoms with van der Waals surface area (Å²) < 4.78 is 19.8. The molecule has 0 unspecified atom stereocenters. The van der Waals surface area contributed by atoms with Crippen LogP contribution in [-0.2, 0) is 33.4 Å². The first-order chi connectivity index (χ1) is 26.5. The lowest BCUT2D eigenvalue weighted by molar-refractivity contribution is -0.153. The predicted molar refractivity (Wildman–Crippen MR) is 258 cm³/mol. The quantitative estimate of drug-likeness (QED) is 0.120. The second-order valence-electron chi connectivity index (χ2n) is 14.7. The van der Waals surface area contributed by atoms with Crippen LogP contribution in [0.5, 0.6) is 0 Å². The maximum Gasteiger partial charge on any atom is 0.311 e. The number of aliphatic hydroxyl groups is 1. The highest BCUT2D eigenvalue weighted by Gasteiger charge is 2.29. The number of methoxy groups -OCH3 is 2. The number of rotatable bonds is 11. The van der Waals surface area contributed by atoms with Gasteiger partial charge in [-0.3, -0.25) is 19.2 Å². The molecule has 0 bridgehead atoms. The van der Waals surface area contributed by atoms with Crippen molar-refractivity contribution in [3.05, 3.63) is 59.2 Å². The first-order valence-electron chi connectivity index (χ1n) is 18.2. The van der Waals surface area contributed by atoms with Gasteiger partial charge in [-0.1, -0.05) is 136 Å². The van der Waals surface area contributed by atoms with E-state index in [0.29, 0.717) is 6.61 Å². The van der Waals surface area contributed by atoms with Crippen LogP contribution in [0.25, 0.3) is 0 Å². The Morgan fingerprint density at radius 2 is 0.877 bits per heavy atom. The minimum Gasteiger partial charge on any atom is -0.469 e. The molecule has 0 atom stereocenters. The first kappa shape index (κ1) is 56.6. The molecule has 0 fully saturated rings. The molecule has 4 aliphatic rings. The maximum atomic E-state index is 11.9. The molecule has 8 nitrogen and oxygen atoms in total. The summed E-state index contributed by atoms with van der Waals surface area (Å²) in [5.74, 6) is -0.385. The molecule has 4 aliphatic heterocycles. The van der Waals surface area contributed by atoms with Gasteiger partial charge in [-0.05, 0) is 111 Å². The fourth-order valence-electron chi connectivity index (χ4n) is 2.95. The van der Waals surface area contributed by atoms with Gasteiger partial charge in [-0.15, -0.1) is 0 Å². The third-order valence-electron chi connectivity index (χ3n) is 8.78. The second-order valence-corrected chi connectivity index (χ2v) is 23.8. The highest BCUT2D eigenvalue weighted by atomic mass is 35.5. The molecule has 0 radical (unpaired) electrons. The largest absolute Gasteiger partial charge is 0.469 e. The summed E-state index contributed by atoms with van der Waals surface area (Å²) in [6.07, 6.45) is 3.23.